The molecule has 0 amide bonds. The zero-order valence-corrected chi connectivity index (χ0v) is 11.9. The summed E-state index contributed by atoms with van der Waals surface area (Å²) in [6, 6.07) is 5.40. The minimum absolute atomic E-state index is 0.338. The van der Waals surface area contributed by atoms with Gasteiger partial charge >= 0.3 is 0 Å². The SMILES string of the molecule is COCCNCc1cccc(Cl)c1N(C)CC(F)F. The Bertz CT molecular complexity index is 391. The van der Waals surface area contributed by atoms with Crippen LogP contribution in [-0.2, 0) is 11.3 Å². The highest BCUT2D eigenvalue weighted by atomic mass is 35.5. The Kier molecular flexibility index (Phi) is 7.05. The number of hydrogen-bond donors (Lipinski definition) is 1. The summed E-state index contributed by atoms with van der Waals surface area (Å²) in [4.78, 5) is 1.49. The van der Waals surface area contributed by atoms with E-state index in [9.17, 15) is 8.78 Å². The molecule has 0 aliphatic heterocycles. The molecule has 0 aliphatic carbocycles. The Morgan fingerprint density at radius 2 is 2.16 bits per heavy atom. The molecule has 0 heterocycles. The number of nitrogens with zero attached hydrogens (tertiary/aromatic N) is 1. The van der Waals surface area contributed by atoms with Crippen LogP contribution in [0, 0.1) is 0 Å². The first-order chi connectivity index (χ1) is 9.06. The van der Waals surface area contributed by atoms with Gasteiger partial charge in [0.1, 0.15) is 0 Å². The Labute approximate surface area is 117 Å². The number of ether oxygens (including phenoxy) is 1. The van der Waals surface area contributed by atoms with Crippen LogP contribution in [0.2, 0.25) is 5.02 Å². The van der Waals surface area contributed by atoms with E-state index in [0.717, 1.165) is 5.56 Å². The smallest absolute Gasteiger partial charge is 0.255 e. The van der Waals surface area contributed by atoms with Crippen LogP contribution >= 0.6 is 11.6 Å². The predicted molar refractivity (Wildman–Crippen MR) is 74.3 cm³/mol. The molecule has 1 aromatic rings. The van der Waals surface area contributed by atoms with Crippen LogP contribution in [0.15, 0.2) is 18.2 Å². The van der Waals surface area contributed by atoms with Gasteiger partial charge in [0.05, 0.1) is 23.9 Å². The van der Waals surface area contributed by atoms with Crippen molar-refractivity contribution in [1.29, 1.82) is 0 Å². The summed E-state index contributed by atoms with van der Waals surface area (Å²) < 4.78 is 29.9. The summed E-state index contributed by atoms with van der Waals surface area (Å²) in [7, 11) is 3.24. The Balaban J connectivity index is 2.76. The number of para-hydroxylation sites is 1. The maximum Gasteiger partial charge on any atom is 0.255 e. The summed E-state index contributed by atoms with van der Waals surface area (Å²) in [5, 5.41) is 3.66. The number of rotatable bonds is 8. The highest BCUT2D eigenvalue weighted by Gasteiger charge is 2.15. The maximum absolute atomic E-state index is 12.5. The van der Waals surface area contributed by atoms with Crippen LogP contribution in [0.4, 0.5) is 14.5 Å². The van der Waals surface area contributed by atoms with E-state index in [1.807, 2.05) is 12.1 Å². The number of halogens is 3. The van der Waals surface area contributed by atoms with E-state index in [1.165, 1.54) is 4.90 Å². The first-order valence-electron chi connectivity index (χ1n) is 6.02. The molecule has 0 spiro atoms. The summed E-state index contributed by atoms with van der Waals surface area (Å²) in [6.45, 7) is 1.52. The second-order valence-electron chi connectivity index (χ2n) is 4.19. The highest BCUT2D eigenvalue weighted by molar-refractivity contribution is 6.33. The van der Waals surface area contributed by atoms with Crippen molar-refractivity contribution < 1.29 is 13.5 Å². The number of methoxy groups -OCH3 is 1. The van der Waals surface area contributed by atoms with Gasteiger partial charge in [0.15, 0.2) is 0 Å². The van der Waals surface area contributed by atoms with Crippen molar-refractivity contribution in [1.82, 2.24) is 5.32 Å². The van der Waals surface area contributed by atoms with E-state index in [4.69, 9.17) is 16.3 Å². The second-order valence-corrected chi connectivity index (χ2v) is 4.60. The molecule has 1 aromatic carbocycles. The fourth-order valence-corrected chi connectivity index (χ4v) is 2.16. The van der Waals surface area contributed by atoms with Gasteiger partial charge in [-0.15, -0.1) is 0 Å². The van der Waals surface area contributed by atoms with Gasteiger partial charge in [0.25, 0.3) is 6.43 Å². The fraction of sp³-hybridized carbons (Fsp3) is 0.538. The molecule has 1 rings (SSSR count). The molecule has 0 saturated carbocycles. The standard InChI is InChI=1S/C13H19ClF2N2O/c1-18(9-12(15)16)13-10(4-3-5-11(13)14)8-17-6-7-19-2/h3-5,12,17H,6-9H2,1-2H3. The maximum atomic E-state index is 12.5. The van der Waals surface area contributed by atoms with E-state index in [-0.39, 0.29) is 6.54 Å². The van der Waals surface area contributed by atoms with Crippen molar-refractivity contribution in [3.8, 4) is 0 Å². The number of anilines is 1. The van der Waals surface area contributed by atoms with Crippen LogP contribution in [0.3, 0.4) is 0 Å². The topological polar surface area (TPSA) is 24.5 Å². The van der Waals surface area contributed by atoms with Gasteiger partial charge in [-0.2, -0.15) is 0 Å². The van der Waals surface area contributed by atoms with Gasteiger partial charge in [-0.3, -0.25) is 0 Å². The average molecular weight is 293 g/mol. The van der Waals surface area contributed by atoms with E-state index >= 15 is 0 Å². The lowest BCUT2D eigenvalue weighted by Gasteiger charge is -2.23. The number of nitrogens with one attached hydrogen (secondary N) is 1. The Hall–Kier alpha value is -0.910. The summed E-state index contributed by atoms with van der Waals surface area (Å²) >= 11 is 6.11. The number of alkyl halides is 2. The van der Waals surface area contributed by atoms with Crippen LogP contribution in [-0.4, -0.2) is 40.3 Å². The van der Waals surface area contributed by atoms with Crippen molar-refractivity contribution in [3.05, 3.63) is 28.8 Å². The molecule has 0 bridgehead atoms. The predicted octanol–water partition coefficient (Wildman–Crippen LogP) is 2.78. The minimum atomic E-state index is -2.39. The third kappa shape index (κ3) is 5.30. The first-order valence-corrected chi connectivity index (χ1v) is 6.40. The third-order valence-electron chi connectivity index (χ3n) is 2.66. The van der Waals surface area contributed by atoms with E-state index in [2.05, 4.69) is 5.32 Å². The van der Waals surface area contributed by atoms with Crippen molar-refractivity contribution >= 4 is 17.3 Å². The van der Waals surface area contributed by atoms with Crippen LogP contribution in [0.5, 0.6) is 0 Å². The van der Waals surface area contributed by atoms with Gasteiger partial charge in [-0.05, 0) is 11.6 Å². The summed E-state index contributed by atoms with van der Waals surface area (Å²) in [5.41, 5.74) is 1.54. The van der Waals surface area contributed by atoms with E-state index in [1.54, 1.807) is 20.2 Å². The van der Waals surface area contributed by atoms with E-state index in [0.29, 0.717) is 30.4 Å². The van der Waals surface area contributed by atoms with Gasteiger partial charge in [0.2, 0.25) is 0 Å². The summed E-state index contributed by atoms with van der Waals surface area (Å²) in [6.07, 6.45) is -2.39. The molecule has 0 saturated heterocycles. The monoisotopic (exact) mass is 292 g/mol. The molecule has 3 nitrogen and oxygen atoms in total. The van der Waals surface area contributed by atoms with Gasteiger partial charge < -0.3 is 15.0 Å². The molecule has 108 valence electrons. The van der Waals surface area contributed by atoms with Crippen molar-refractivity contribution in [3.63, 3.8) is 0 Å². The average Bonchev–Trinajstić information content (AvgIpc) is 2.33. The van der Waals surface area contributed by atoms with Crippen molar-refractivity contribution in [2.45, 2.75) is 13.0 Å². The first kappa shape index (κ1) is 16.1. The van der Waals surface area contributed by atoms with Crippen LogP contribution in [0.25, 0.3) is 0 Å². The molecule has 6 heteroatoms. The van der Waals surface area contributed by atoms with Crippen LogP contribution < -0.4 is 10.2 Å². The third-order valence-corrected chi connectivity index (χ3v) is 2.97. The lowest BCUT2D eigenvalue weighted by molar-refractivity contribution is 0.156. The molecular weight excluding hydrogens is 274 g/mol. The molecule has 0 unspecified atom stereocenters. The lowest BCUT2D eigenvalue weighted by atomic mass is 10.1. The second kappa shape index (κ2) is 8.30. The van der Waals surface area contributed by atoms with Gasteiger partial charge in [-0.25, -0.2) is 8.78 Å². The fourth-order valence-electron chi connectivity index (χ4n) is 1.83. The zero-order valence-electron chi connectivity index (χ0n) is 11.1. The largest absolute Gasteiger partial charge is 0.383 e. The van der Waals surface area contributed by atoms with E-state index < -0.39 is 6.43 Å². The molecule has 19 heavy (non-hydrogen) atoms. The number of hydrogen-bond acceptors (Lipinski definition) is 3. The van der Waals surface area contributed by atoms with Crippen molar-refractivity contribution in [2.24, 2.45) is 0 Å². The minimum Gasteiger partial charge on any atom is -0.383 e. The molecule has 0 atom stereocenters. The molecule has 0 aromatic heterocycles. The number of benzene rings is 1. The highest BCUT2D eigenvalue weighted by Crippen LogP contribution is 2.29. The normalized spacial score (nSPS) is 11.1. The Morgan fingerprint density at radius 1 is 1.42 bits per heavy atom. The lowest BCUT2D eigenvalue weighted by Crippen LogP contribution is -2.27. The molecule has 1 N–H and O–H groups in total. The van der Waals surface area contributed by atoms with Gasteiger partial charge in [-0.1, -0.05) is 23.7 Å². The van der Waals surface area contributed by atoms with Crippen LogP contribution in [0.1, 0.15) is 5.56 Å². The van der Waals surface area contributed by atoms with Crippen molar-refractivity contribution in [2.75, 3.05) is 38.8 Å². The summed E-state index contributed by atoms with van der Waals surface area (Å²) in [5.74, 6) is 0. The molecular formula is C13H19ClF2N2O. The Morgan fingerprint density at radius 3 is 2.79 bits per heavy atom. The quantitative estimate of drug-likeness (QED) is 0.746. The molecule has 0 fully saturated rings. The molecule has 0 radical (unpaired) electrons. The van der Waals surface area contributed by atoms with Gasteiger partial charge in [0, 0.05) is 27.2 Å². The zero-order chi connectivity index (χ0) is 14.3. The molecule has 0 aliphatic rings.